The van der Waals surface area contributed by atoms with Gasteiger partial charge in [0, 0.05) is 12.2 Å². The zero-order valence-corrected chi connectivity index (χ0v) is 12.7. The third-order valence-corrected chi connectivity index (χ3v) is 5.17. The van der Waals surface area contributed by atoms with Crippen molar-refractivity contribution in [1.82, 2.24) is 0 Å². The lowest BCUT2D eigenvalue weighted by Gasteiger charge is -2.38. The molecule has 1 aliphatic heterocycles. The number of anilines is 1. The van der Waals surface area contributed by atoms with Gasteiger partial charge < -0.3 is 10.6 Å². The van der Waals surface area contributed by atoms with Crippen LogP contribution in [-0.4, -0.2) is 17.4 Å². The first-order valence-corrected chi connectivity index (χ1v) is 7.86. The highest BCUT2D eigenvalue weighted by atomic mass is 32.1. The molecule has 0 radical (unpaired) electrons. The molecule has 3 rings (SSSR count). The van der Waals surface area contributed by atoms with Gasteiger partial charge in [-0.15, -0.1) is 0 Å². The van der Waals surface area contributed by atoms with Gasteiger partial charge in [-0.25, -0.2) is 4.39 Å². The molecule has 0 atom stereocenters. The van der Waals surface area contributed by atoms with Gasteiger partial charge in [-0.2, -0.15) is 0 Å². The number of fused-ring (bicyclic) bond motifs is 1. The maximum atomic E-state index is 13.5. The molecule has 0 unspecified atom stereocenters. The highest BCUT2D eigenvalue weighted by Gasteiger charge is 2.46. The van der Waals surface area contributed by atoms with Crippen molar-refractivity contribution in [3.05, 3.63) is 29.6 Å². The van der Waals surface area contributed by atoms with E-state index in [1.807, 2.05) is 0 Å². The summed E-state index contributed by atoms with van der Waals surface area (Å²) in [7, 11) is 0. The number of thiocarbonyl (C=S) groups is 1. The Bertz CT molecular complexity index is 596. The van der Waals surface area contributed by atoms with E-state index in [9.17, 15) is 9.18 Å². The lowest BCUT2D eigenvalue weighted by molar-refractivity contribution is -0.126. The lowest BCUT2D eigenvalue weighted by Crippen LogP contribution is -2.51. The second kappa shape index (κ2) is 5.37. The average Bonchev–Trinajstić information content (AvgIpc) is 2.89. The number of nitrogens with zero attached hydrogens (tertiary/aromatic N) is 1. The van der Waals surface area contributed by atoms with E-state index in [0.717, 1.165) is 31.2 Å². The minimum Gasteiger partial charge on any atom is -0.392 e. The van der Waals surface area contributed by atoms with E-state index in [-0.39, 0.29) is 16.7 Å². The summed E-state index contributed by atoms with van der Waals surface area (Å²) in [5, 5.41) is 0. The van der Waals surface area contributed by atoms with Crippen LogP contribution < -0.4 is 10.6 Å². The van der Waals surface area contributed by atoms with Gasteiger partial charge >= 0.3 is 0 Å². The van der Waals surface area contributed by atoms with E-state index >= 15 is 0 Å². The van der Waals surface area contributed by atoms with Crippen molar-refractivity contribution in [1.29, 1.82) is 0 Å². The first-order valence-electron chi connectivity index (χ1n) is 7.45. The van der Waals surface area contributed by atoms with Gasteiger partial charge in [0.05, 0.1) is 10.4 Å². The Morgan fingerprint density at radius 1 is 1.29 bits per heavy atom. The van der Waals surface area contributed by atoms with Gasteiger partial charge in [-0.05, 0) is 37.0 Å². The van der Waals surface area contributed by atoms with Crippen molar-refractivity contribution in [3.8, 4) is 0 Å². The fraction of sp³-hybridized carbons (Fsp3) is 0.500. The fourth-order valence-electron chi connectivity index (χ4n) is 3.54. The number of hydrogen-bond donors (Lipinski definition) is 1. The van der Waals surface area contributed by atoms with Crippen LogP contribution in [0.4, 0.5) is 10.1 Å². The number of nitrogens with two attached hydrogens (primary N) is 1. The summed E-state index contributed by atoms with van der Waals surface area (Å²) in [6.45, 7) is 0.585. The van der Waals surface area contributed by atoms with Crippen LogP contribution in [-0.2, 0) is 11.2 Å². The fourth-order valence-corrected chi connectivity index (χ4v) is 3.83. The molecule has 0 bridgehead atoms. The second-order valence-electron chi connectivity index (χ2n) is 5.99. The first-order chi connectivity index (χ1) is 10.0. The minimum atomic E-state index is -0.735. The Morgan fingerprint density at radius 3 is 2.67 bits per heavy atom. The van der Waals surface area contributed by atoms with Gasteiger partial charge in [0.2, 0.25) is 5.91 Å². The molecule has 0 aromatic heterocycles. The number of benzene rings is 1. The number of amides is 1. The maximum absolute atomic E-state index is 13.5. The second-order valence-corrected chi connectivity index (χ2v) is 6.43. The molecule has 5 heteroatoms. The van der Waals surface area contributed by atoms with Crippen LogP contribution in [0.2, 0.25) is 0 Å². The largest absolute Gasteiger partial charge is 0.392 e. The summed E-state index contributed by atoms with van der Waals surface area (Å²) < 4.78 is 13.5. The number of carbonyl (C=O) groups is 1. The maximum Gasteiger partial charge on any atom is 0.240 e. The topological polar surface area (TPSA) is 46.3 Å². The highest BCUT2D eigenvalue weighted by Crippen LogP contribution is 2.41. The molecule has 1 aromatic rings. The minimum absolute atomic E-state index is 0.0425. The normalized spacial score (nSPS) is 20.1. The van der Waals surface area contributed by atoms with Crippen LogP contribution in [0.25, 0.3) is 0 Å². The summed E-state index contributed by atoms with van der Waals surface area (Å²) in [6.07, 6.45) is 5.22. The molecule has 1 aromatic carbocycles. The molecule has 21 heavy (non-hydrogen) atoms. The van der Waals surface area contributed by atoms with E-state index < -0.39 is 5.41 Å². The molecule has 3 nitrogen and oxygen atoms in total. The lowest BCUT2D eigenvalue weighted by atomic mass is 9.73. The van der Waals surface area contributed by atoms with Crippen molar-refractivity contribution in [2.75, 3.05) is 11.4 Å². The molecule has 1 amide bonds. The molecule has 0 spiro atoms. The smallest absolute Gasteiger partial charge is 0.240 e. The van der Waals surface area contributed by atoms with Crippen LogP contribution >= 0.6 is 12.2 Å². The van der Waals surface area contributed by atoms with Gasteiger partial charge in [0.25, 0.3) is 0 Å². The van der Waals surface area contributed by atoms with Gasteiger partial charge in [0.1, 0.15) is 5.82 Å². The first kappa shape index (κ1) is 14.4. The molecule has 1 fully saturated rings. The van der Waals surface area contributed by atoms with Crippen LogP contribution in [0.3, 0.4) is 0 Å². The molecular formula is C16H19FN2OS. The quantitative estimate of drug-likeness (QED) is 0.855. The summed E-state index contributed by atoms with van der Waals surface area (Å²) in [6, 6.07) is 4.64. The van der Waals surface area contributed by atoms with E-state index in [1.165, 1.54) is 12.1 Å². The molecule has 112 valence electrons. The third-order valence-electron chi connectivity index (χ3n) is 4.78. The van der Waals surface area contributed by atoms with Crippen molar-refractivity contribution in [2.45, 2.75) is 38.5 Å². The molecule has 1 saturated carbocycles. The highest BCUT2D eigenvalue weighted by molar-refractivity contribution is 7.80. The Labute approximate surface area is 129 Å². The molecule has 1 aliphatic carbocycles. The Balaban J connectivity index is 1.96. The van der Waals surface area contributed by atoms with Crippen LogP contribution in [0.15, 0.2) is 18.2 Å². The SMILES string of the molecule is NC(=S)C1(C(=O)N2CCc3ccc(F)cc32)CCCCC1. The Kier molecular flexibility index (Phi) is 3.69. The Morgan fingerprint density at radius 2 is 2.00 bits per heavy atom. The average molecular weight is 306 g/mol. The molecule has 2 aliphatic rings. The van der Waals surface area contributed by atoms with Crippen molar-refractivity contribution < 1.29 is 9.18 Å². The molecular weight excluding hydrogens is 287 g/mol. The van der Waals surface area contributed by atoms with E-state index in [0.29, 0.717) is 25.1 Å². The molecule has 0 saturated heterocycles. The zero-order chi connectivity index (χ0) is 15.0. The molecule has 1 heterocycles. The number of halogens is 1. The third kappa shape index (κ3) is 2.33. The zero-order valence-electron chi connectivity index (χ0n) is 11.9. The number of rotatable bonds is 2. The van der Waals surface area contributed by atoms with Crippen LogP contribution in [0.5, 0.6) is 0 Å². The van der Waals surface area contributed by atoms with Gasteiger partial charge in [-0.3, -0.25) is 4.79 Å². The molecule has 2 N–H and O–H groups in total. The summed E-state index contributed by atoms with van der Waals surface area (Å²) in [5.74, 6) is -0.361. The number of carbonyl (C=O) groups excluding carboxylic acids is 1. The van der Waals surface area contributed by atoms with E-state index in [1.54, 1.807) is 11.0 Å². The van der Waals surface area contributed by atoms with Crippen molar-refractivity contribution in [2.24, 2.45) is 11.1 Å². The van der Waals surface area contributed by atoms with Crippen LogP contribution in [0, 0.1) is 11.2 Å². The van der Waals surface area contributed by atoms with Gasteiger partial charge in [0.15, 0.2) is 0 Å². The standard InChI is InChI=1S/C16H19FN2OS/c17-12-5-4-11-6-9-19(13(11)10-12)15(20)16(14(18)21)7-2-1-3-8-16/h4-5,10H,1-3,6-9H2,(H2,18,21). The van der Waals surface area contributed by atoms with E-state index in [2.05, 4.69) is 0 Å². The van der Waals surface area contributed by atoms with E-state index in [4.69, 9.17) is 18.0 Å². The Hall–Kier alpha value is -1.49. The van der Waals surface area contributed by atoms with Crippen LogP contribution in [0.1, 0.15) is 37.7 Å². The summed E-state index contributed by atoms with van der Waals surface area (Å²) in [4.78, 5) is 15.0. The van der Waals surface area contributed by atoms with Crippen molar-refractivity contribution in [3.63, 3.8) is 0 Å². The van der Waals surface area contributed by atoms with Crippen molar-refractivity contribution >= 4 is 28.8 Å². The predicted octanol–water partition coefficient (Wildman–Crippen LogP) is 2.95. The van der Waals surface area contributed by atoms with Gasteiger partial charge in [-0.1, -0.05) is 37.5 Å². The summed E-state index contributed by atoms with van der Waals surface area (Å²) >= 11 is 5.22. The predicted molar refractivity (Wildman–Crippen MR) is 84.8 cm³/mol. The number of hydrogen-bond acceptors (Lipinski definition) is 2. The summed E-state index contributed by atoms with van der Waals surface area (Å²) in [5.41, 5.74) is 6.89. The monoisotopic (exact) mass is 306 g/mol.